The Morgan fingerprint density at radius 3 is 2.30 bits per heavy atom. The molecule has 372 valence electrons. The predicted molar refractivity (Wildman–Crippen MR) is 263 cm³/mol. The van der Waals surface area contributed by atoms with E-state index in [4.69, 9.17) is 15.2 Å². The van der Waals surface area contributed by atoms with Crippen molar-refractivity contribution in [1.82, 2.24) is 39.8 Å². The van der Waals surface area contributed by atoms with Crippen molar-refractivity contribution in [1.29, 1.82) is 0 Å². The summed E-state index contributed by atoms with van der Waals surface area (Å²) in [6.07, 6.45) is 11.3. The fraction of sp³-hybridized carbons (Fsp3) is 0.423. The third-order valence-electron chi connectivity index (χ3n) is 14.2. The lowest BCUT2D eigenvalue weighted by atomic mass is 9.90. The second-order valence-corrected chi connectivity index (χ2v) is 18.9. The number of aromatic nitrogens is 4. The summed E-state index contributed by atoms with van der Waals surface area (Å²) < 4.78 is 26.7. The number of nitrogens with zero attached hydrogens (tertiary/aromatic N) is 8. The van der Waals surface area contributed by atoms with Crippen molar-refractivity contribution in [2.24, 2.45) is 11.8 Å². The molecule has 4 N–H and O–H groups in total. The van der Waals surface area contributed by atoms with Crippen LogP contribution >= 0.6 is 0 Å². The summed E-state index contributed by atoms with van der Waals surface area (Å²) in [5.74, 6) is -0.822. The zero-order valence-corrected chi connectivity index (χ0v) is 39.9. The van der Waals surface area contributed by atoms with Crippen molar-refractivity contribution in [3.63, 3.8) is 0 Å². The topological polar surface area (TPSA) is 210 Å². The average Bonchev–Trinajstić information content (AvgIpc) is 3.89. The minimum absolute atomic E-state index is 0.0610. The number of methoxy groups -OCH3 is 1. The second kappa shape index (κ2) is 22.2. The molecule has 4 fully saturated rings. The van der Waals surface area contributed by atoms with Crippen LogP contribution in [0.4, 0.5) is 26.4 Å². The first kappa shape index (κ1) is 48.8. The molecule has 5 aromatic rings. The molecule has 4 aliphatic heterocycles. The number of nitrogens with two attached hydrogens (primary N) is 1. The molecule has 0 saturated carbocycles. The molecule has 3 aromatic carbocycles. The van der Waals surface area contributed by atoms with Crippen molar-refractivity contribution in [2.75, 3.05) is 82.0 Å². The van der Waals surface area contributed by atoms with Crippen LogP contribution in [0.15, 0.2) is 91.4 Å². The maximum Gasteiger partial charge on any atom is 0.361 e. The monoisotopic (exact) mass is 969 g/mol. The van der Waals surface area contributed by atoms with E-state index in [0.29, 0.717) is 64.4 Å². The lowest BCUT2D eigenvalue weighted by Gasteiger charge is -2.38. The van der Waals surface area contributed by atoms with E-state index in [-0.39, 0.29) is 42.3 Å². The minimum Gasteiger partial charge on any atom is -0.495 e. The molecule has 6 heterocycles. The Labute approximate surface area is 411 Å². The Bertz CT molecular complexity index is 2700. The molecule has 0 aliphatic carbocycles. The average molecular weight is 970 g/mol. The lowest BCUT2D eigenvalue weighted by molar-refractivity contribution is -0.125. The molecular formula is C52H60FN11O7. The van der Waals surface area contributed by atoms with E-state index in [9.17, 15) is 28.4 Å². The smallest absolute Gasteiger partial charge is 0.361 e. The van der Waals surface area contributed by atoms with Gasteiger partial charge in [-0.05, 0) is 119 Å². The molecule has 2 aromatic heterocycles. The maximum absolute atomic E-state index is 13.6. The quantitative estimate of drug-likeness (QED) is 0.0979. The van der Waals surface area contributed by atoms with Gasteiger partial charge in [-0.1, -0.05) is 30.3 Å². The molecule has 4 saturated heterocycles. The third kappa shape index (κ3) is 11.9. The van der Waals surface area contributed by atoms with E-state index in [0.717, 1.165) is 65.0 Å². The first-order chi connectivity index (χ1) is 34.5. The van der Waals surface area contributed by atoms with E-state index in [1.807, 2.05) is 15.8 Å². The molecule has 0 bridgehead atoms. The lowest BCUT2D eigenvalue weighted by Crippen LogP contribution is -2.49. The minimum atomic E-state index is -1.35. The van der Waals surface area contributed by atoms with Crippen molar-refractivity contribution in [3.05, 3.63) is 114 Å². The highest BCUT2D eigenvalue weighted by atomic mass is 19.1. The first-order valence-electron chi connectivity index (χ1n) is 24.5. The standard InChI is InChI=1S/C52H60FN11O7/c1-70-44-12-7-37(29-43(44)63-28-20-45(65)59-52(63)69)50(67)62-26-16-35(17-27-62)32-61-22-14-34(15-23-61)13-21-60-24-18-41(19-25-60)64-33-38(30-56-64)42-31-55-48(54)46(58-42)51(68)71-47(36-5-3-2-4-6-36)49(66)57-40-10-8-39(53)9-11-40/h2-12,29-31,33-35,41,47H,13-28,32H2,1H3,(H2,54,55)(H,57,66)(H,59,65,69)/t47-/m1/s1. The number of rotatable bonds is 15. The summed E-state index contributed by atoms with van der Waals surface area (Å²) in [6.45, 7) is 7.90. The number of amides is 5. The largest absolute Gasteiger partial charge is 0.495 e. The summed E-state index contributed by atoms with van der Waals surface area (Å²) >= 11 is 0. The Kier molecular flexibility index (Phi) is 15.3. The van der Waals surface area contributed by atoms with Crippen LogP contribution < -0.4 is 26.0 Å². The van der Waals surface area contributed by atoms with E-state index in [1.165, 1.54) is 61.7 Å². The van der Waals surface area contributed by atoms with Gasteiger partial charge in [0.1, 0.15) is 11.6 Å². The number of halogens is 1. The molecule has 19 heteroatoms. The van der Waals surface area contributed by atoms with Crippen molar-refractivity contribution in [3.8, 4) is 17.0 Å². The van der Waals surface area contributed by atoms with Crippen LogP contribution in [0.2, 0.25) is 0 Å². The Hall–Kier alpha value is -7.25. The van der Waals surface area contributed by atoms with Gasteiger partial charge in [-0.3, -0.25) is 29.3 Å². The van der Waals surface area contributed by atoms with Crippen molar-refractivity contribution >= 4 is 46.9 Å². The number of carbonyl (C=O) groups excluding carboxylic acids is 5. The van der Waals surface area contributed by atoms with Gasteiger partial charge in [0.2, 0.25) is 12.0 Å². The molecule has 5 amide bonds. The third-order valence-corrected chi connectivity index (χ3v) is 14.2. The number of nitrogens with one attached hydrogen (secondary N) is 2. The van der Waals surface area contributed by atoms with E-state index in [1.54, 1.807) is 54.7 Å². The normalized spacial score (nSPS) is 18.2. The van der Waals surface area contributed by atoms with Crippen LogP contribution in [0.25, 0.3) is 11.3 Å². The molecule has 4 aliphatic rings. The van der Waals surface area contributed by atoms with E-state index in [2.05, 4.69) is 35.5 Å². The number of hydrogen-bond donors (Lipinski definition) is 3. The highest BCUT2D eigenvalue weighted by Crippen LogP contribution is 2.33. The number of ether oxygens (including phenoxy) is 2. The Morgan fingerprint density at radius 2 is 1.58 bits per heavy atom. The highest BCUT2D eigenvalue weighted by Gasteiger charge is 2.32. The van der Waals surface area contributed by atoms with Gasteiger partial charge in [-0.2, -0.15) is 5.10 Å². The molecule has 1 atom stereocenters. The number of piperidine rings is 3. The number of likely N-dealkylation sites (tertiary alicyclic amines) is 3. The van der Waals surface area contributed by atoms with Crippen LogP contribution in [0.3, 0.4) is 0 Å². The Morgan fingerprint density at radius 1 is 0.859 bits per heavy atom. The number of hydrogen-bond acceptors (Lipinski definition) is 13. The molecule has 71 heavy (non-hydrogen) atoms. The summed E-state index contributed by atoms with van der Waals surface area (Å²) in [5.41, 5.74) is 8.70. The zero-order valence-electron chi connectivity index (χ0n) is 39.9. The molecule has 0 spiro atoms. The number of urea groups is 1. The van der Waals surface area contributed by atoms with Crippen LogP contribution in [0.1, 0.15) is 89.9 Å². The van der Waals surface area contributed by atoms with Gasteiger partial charge in [0.15, 0.2) is 11.5 Å². The fourth-order valence-electron chi connectivity index (χ4n) is 10.1. The summed E-state index contributed by atoms with van der Waals surface area (Å²) in [6, 6.07) is 18.6. The zero-order chi connectivity index (χ0) is 49.4. The SMILES string of the molecule is COc1ccc(C(=O)N2CCC(CN3CCC(CCN4CCC(n5cc(-c6cnc(N)c(C(=O)O[C@@H](C(=O)Nc7ccc(F)cc7)c7ccccc7)n6)cn5)CC4)CC3)CC2)cc1N1CCC(=O)NC1=O. The van der Waals surface area contributed by atoms with Crippen molar-refractivity contribution in [2.45, 2.75) is 63.5 Å². The number of benzene rings is 3. The van der Waals surface area contributed by atoms with Gasteiger partial charge >= 0.3 is 12.0 Å². The summed E-state index contributed by atoms with van der Waals surface area (Å²) in [5, 5.41) is 9.69. The number of imide groups is 1. The molecule has 18 nitrogen and oxygen atoms in total. The van der Waals surface area contributed by atoms with Gasteiger partial charge in [0, 0.05) is 74.3 Å². The van der Waals surface area contributed by atoms with E-state index >= 15 is 0 Å². The first-order valence-corrected chi connectivity index (χ1v) is 24.5. The summed E-state index contributed by atoms with van der Waals surface area (Å²) in [4.78, 5) is 82.2. The van der Waals surface area contributed by atoms with Gasteiger partial charge < -0.3 is 35.2 Å². The molecular weight excluding hydrogens is 910 g/mol. The molecule has 0 unspecified atom stereocenters. The van der Waals surface area contributed by atoms with Gasteiger partial charge in [0.05, 0.1) is 36.9 Å². The van der Waals surface area contributed by atoms with Crippen LogP contribution in [0, 0.1) is 17.7 Å². The van der Waals surface area contributed by atoms with Crippen molar-refractivity contribution < 1.29 is 37.8 Å². The van der Waals surface area contributed by atoms with Crippen LogP contribution in [-0.4, -0.2) is 130 Å². The summed E-state index contributed by atoms with van der Waals surface area (Å²) in [7, 11) is 1.52. The fourth-order valence-corrected chi connectivity index (χ4v) is 10.1. The predicted octanol–water partition coefficient (Wildman–Crippen LogP) is 6.34. The number of anilines is 3. The Balaban J connectivity index is 0.699. The van der Waals surface area contributed by atoms with Gasteiger partial charge in [-0.15, -0.1) is 0 Å². The van der Waals surface area contributed by atoms with Crippen LogP contribution in [-0.2, 0) is 14.3 Å². The number of esters is 1. The number of nitrogen functional groups attached to an aromatic ring is 1. The molecule has 0 radical (unpaired) electrons. The second-order valence-electron chi connectivity index (χ2n) is 18.9. The van der Waals surface area contributed by atoms with Gasteiger partial charge in [-0.25, -0.2) is 23.9 Å². The van der Waals surface area contributed by atoms with Gasteiger partial charge in [0.25, 0.3) is 11.8 Å². The van der Waals surface area contributed by atoms with Crippen LogP contribution in [0.5, 0.6) is 5.75 Å². The number of carbonyl (C=O) groups is 5. The molecule has 9 rings (SSSR count). The van der Waals surface area contributed by atoms with E-state index < -0.39 is 29.8 Å². The maximum atomic E-state index is 13.6. The highest BCUT2D eigenvalue weighted by molar-refractivity contribution is 6.07.